The Bertz CT molecular complexity index is 1380. The summed E-state index contributed by atoms with van der Waals surface area (Å²) in [6.07, 6.45) is 7.04. The van der Waals surface area contributed by atoms with Gasteiger partial charge in [-0.2, -0.15) is 4.39 Å². The number of aromatic nitrogens is 3. The van der Waals surface area contributed by atoms with Gasteiger partial charge in [-0.1, -0.05) is 35.6 Å². The molecule has 0 bridgehead atoms. The van der Waals surface area contributed by atoms with Crippen molar-refractivity contribution < 1.29 is 9.13 Å². The van der Waals surface area contributed by atoms with Crippen molar-refractivity contribution in [3.05, 3.63) is 96.2 Å². The van der Waals surface area contributed by atoms with Crippen molar-refractivity contribution in [1.82, 2.24) is 15.0 Å². The molecule has 0 unspecified atom stereocenters. The Hall–Kier alpha value is -3.84. The van der Waals surface area contributed by atoms with E-state index in [0.717, 1.165) is 10.2 Å². The monoisotopic (exact) mass is 456 g/mol. The third-order valence-corrected chi connectivity index (χ3v) is 6.22. The third-order valence-electron chi connectivity index (χ3n) is 5.38. The van der Waals surface area contributed by atoms with E-state index in [9.17, 15) is 4.39 Å². The SMILES string of the molecule is Nc1nc2ccc(Oc3ccnc(-c4ccc(F)nc4)c3)cc2s1.c1ccc2c(c1)CCC2. The van der Waals surface area contributed by atoms with E-state index in [1.165, 1.54) is 42.9 Å². The van der Waals surface area contributed by atoms with Crippen molar-refractivity contribution in [2.45, 2.75) is 19.3 Å². The lowest BCUT2D eigenvalue weighted by atomic mass is 10.1. The minimum atomic E-state index is -0.525. The molecule has 5 nitrogen and oxygen atoms in total. The average Bonchev–Trinajstić information content (AvgIpc) is 3.45. The normalized spacial score (nSPS) is 12.2. The number of anilines is 1. The molecular formula is C26H21FN4OS. The molecule has 0 saturated heterocycles. The second-order valence-corrected chi connectivity index (χ2v) is 8.71. The van der Waals surface area contributed by atoms with Gasteiger partial charge in [0.05, 0.1) is 15.9 Å². The maximum atomic E-state index is 12.9. The maximum Gasteiger partial charge on any atom is 0.212 e. The molecule has 2 N–H and O–H groups in total. The third kappa shape index (κ3) is 4.99. The first-order chi connectivity index (χ1) is 16.1. The van der Waals surface area contributed by atoms with Crippen molar-refractivity contribution in [3.63, 3.8) is 0 Å². The van der Waals surface area contributed by atoms with Gasteiger partial charge in [0.25, 0.3) is 0 Å². The van der Waals surface area contributed by atoms with E-state index in [4.69, 9.17) is 10.5 Å². The van der Waals surface area contributed by atoms with Gasteiger partial charge in [0.1, 0.15) is 11.5 Å². The minimum Gasteiger partial charge on any atom is -0.457 e. The predicted molar refractivity (Wildman–Crippen MR) is 130 cm³/mol. The zero-order valence-electron chi connectivity index (χ0n) is 17.7. The van der Waals surface area contributed by atoms with Gasteiger partial charge in [0, 0.05) is 30.1 Å². The number of pyridine rings is 2. The van der Waals surface area contributed by atoms with E-state index < -0.39 is 5.95 Å². The van der Waals surface area contributed by atoms with E-state index >= 15 is 0 Å². The molecule has 0 radical (unpaired) electrons. The number of benzene rings is 2. The summed E-state index contributed by atoms with van der Waals surface area (Å²) < 4.78 is 19.8. The molecule has 0 spiro atoms. The zero-order valence-corrected chi connectivity index (χ0v) is 18.6. The van der Waals surface area contributed by atoms with Crippen LogP contribution in [0.5, 0.6) is 11.5 Å². The smallest absolute Gasteiger partial charge is 0.212 e. The first-order valence-electron chi connectivity index (χ1n) is 10.6. The summed E-state index contributed by atoms with van der Waals surface area (Å²) in [6.45, 7) is 0. The average molecular weight is 457 g/mol. The van der Waals surface area contributed by atoms with Crippen LogP contribution in [0.25, 0.3) is 21.5 Å². The number of rotatable bonds is 3. The Balaban J connectivity index is 0.000000211. The van der Waals surface area contributed by atoms with E-state index in [2.05, 4.69) is 39.2 Å². The molecule has 0 fully saturated rings. The summed E-state index contributed by atoms with van der Waals surface area (Å²) in [5, 5.41) is 0.525. The first kappa shape index (κ1) is 21.0. The van der Waals surface area contributed by atoms with E-state index in [1.54, 1.807) is 35.5 Å². The largest absolute Gasteiger partial charge is 0.457 e. The topological polar surface area (TPSA) is 73.9 Å². The summed E-state index contributed by atoms with van der Waals surface area (Å²) in [7, 11) is 0. The number of ether oxygens (including phenoxy) is 1. The lowest BCUT2D eigenvalue weighted by Crippen LogP contribution is -1.89. The number of thiazole rings is 1. The molecule has 1 aliphatic carbocycles. The van der Waals surface area contributed by atoms with Gasteiger partial charge < -0.3 is 10.5 Å². The Morgan fingerprint density at radius 2 is 1.67 bits per heavy atom. The van der Waals surface area contributed by atoms with Crippen molar-refractivity contribution in [1.29, 1.82) is 0 Å². The number of aryl methyl sites for hydroxylation is 2. The lowest BCUT2D eigenvalue weighted by molar-refractivity contribution is 0.483. The van der Waals surface area contributed by atoms with Gasteiger partial charge in [0.15, 0.2) is 5.13 Å². The van der Waals surface area contributed by atoms with Crippen molar-refractivity contribution in [2.75, 3.05) is 5.73 Å². The fourth-order valence-corrected chi connectivity index (χ4v) is 4.56. The van der Waals surface area contributed by atoms with Crippen molar-refractivity contribution >= 4 is 26.7 Å². The molecular weight excluding hydrogens is 435 g/mol. The molecule has 3 heterocycles. The number of nitrogens with zero attached hydrogens (tertiary/aromatic N) is 3. The molecule has 0 aliphatic heterocycles. The van der Waals surface area contributed by atoms with Gasteiger partial charge in [-0.25, -0.2) is 9.97 Å². The summed E-state index contributed by atoms with van der Waals surface area (Å²) >= 11 is 1.41. The number of nitrogen functional groups attached to an aromatic ring is 1. The quantitative estimate of drug-likeness (QED) is 0.316. The van der Waals surface area contributed by atoms with Crippen molar-refractivity contribution in [3.8, 4) is 22.8 Å². The van der Waals surface area contributed by atoms with Crippen LogP contribution in [0.15, 0.2) is 79.1 Å². The van der Waals surface area contributed by atoms with Gasteiger partial charge in [-0.3, -0.25) is 4.98 Å². The molecule has 7 heteroatoms. The van der Waals surface area contributed by atoms with Gasteiger partial charge in [-0.05, 0) is 60.7 Å². The molecule has 2 aromatic carbocycles. The number of nitrogens with two attached hydrogens (primary N) is 1. The molecule has 0 saturated carbocycles. The van der Waals surface area contributed by atoms with Crippen LogP contribution < -0.4 is 10.5 Å². The summed E-state index contributed by atoms with van der Waals surface area (Å²) in [4.78, 5) is 12.1. The van der Waals surface area contributed by atoms with Crippen LogP contribution in [0.2, 0.25) is 0 Å². The Morgan fingerprint density at radius 1 is 0.879 bits per heavy atom. The number of halogens is 1. The Kier molecular flexibility index (Phi) is 5.95. The van der Waals surface area contributed by atoms with Crippen LogP contribution in [-0.2, 0) is 12.8 Å². The molecule has 0 atom stereocenters. The molecule has 3 aromatic heterocycles. The first-order valence-corrected chi connectivity index (χ1v) is 11.4. The summed E-state index contributed by atoms with van der Waals surface area (Å²) in [6, 6.07) is 20.8. The molecule has 1 aliphatic rings. The summed E-state index contributed by atoms with van der Waals surface area (Å²) in [5.41, 5.74) is 11.1. The van der Waals surface area contributed by atoms with Crippen LogP contribution in [0, 0.1) is 5.95 Å². The minimum absolute atomic E-state index is 0.525. The predicted octanol–water partition coefficient (Wildman–Crippen LogP) is 6.44. The van der Waals surface area contributed by atoms with Crippen molar-refractivity contribution in [2.24, 2.45) is 0 Å². The molecule has 164 valence electrons. The number of fused-ring (bicyclic) bond motifs is 2. The van der Waals surface area contributed by atoms with Gasteiger partial charge in [0.2, 0.25) is 5.95 Å². The van der Waals surface area contributed by atoms with Crippen LogP contribution in [0.4, 0.5) is 9.52 Å². The zero-order chi connectivity index (χ0) is 22.6. The molecule has 0 amide bonds. The highest BCUT2D eigenvalue weighted by molar-refractivity contribution is 7.22. The molecule has 33 heavy (non-hydrogen) atoms. The second-order valence-electron chi connectivity index (χ2n) is 7.65. The highest BCUT2D eigenvalue weighted by Crippen LogP contribution is 2.31. The second kappa shape index (κ2) is 9.34. The standard InChI is InChI=1S/C17H11FN4OS.C9H10/c18-16-4-1-10(9-21-16)14-7-12(5-6-20-14)23-11-2-3-13-15(8-11)24-17(19)22-13;1-2-5-9-7-3-6-8(9)4-1/h1-9H,(H2,19,22);1-2,4-5H,3,6-7H2. The van der Waals surface area contributed by atoms with Crippen LogP contribution in [0.3, 0.4) is 0 Å². The molecule has 6 rings (SSSR count). The maximum absolute atomic E-state index is 12.9. The summed E-state index contributed by atoms with van der Waals surface area (Å²) in [5.74, 6) is 0.782. The van der Waals surface area contributed by atoms with E-state index in [0.29, 0.717) is 27.9 Å². The fraction of sp³-hybridized carbons (Fsp3) is 0.115. The fourth-order valence-electron chi connectivity index (χ4n) is 3.80. The number of hydrogen-bond donors (Lipinski definition) is 1. The molecule has 5 aromatic rings. The Labute approximate surface area is 194 Å². The van der Waals surface area contributed by atoms with Crippen LogP contribution in [0.1, 0.15) is 17.5 Å². The van der Waals surface area contributed by atoms with Gasteiger partial charge >= 0.3 is 0 Å². The van der Waals surface area contributed by atoms with E-state index in [-0.39, 0.29) is 0 Å². The highest BCUT2D eigenvalue weighted by Gasteiger charge is 2.08. The Morgan fingerprint density at radius 3 is 2.42 bits per heavy atom. The van der Waals surface area contributed by atoms with Gasteiger partial charge in [-0.15, -0.1) is 0 Å². The van der Waals surface area contributed by atoms with Crippen LogP contribution in [-0.4, -0.2) is 15.0 Å². The number of hydrogen-bond acceptors (Lipinski definition) is 6. The highest BCUT2D eigenvalue weighted by atomic mass is 32.1. The van der Waals surface area contributed by atoms with E-state index in [1.807, 2.05) is 18.2 Å². The lowest BCUT2D eigenvalue weighted by Gasteiger charge is -2.07. The van der Waals surface area contributed by atoms with Crippen LogP contribution >= 0.6 is 11.3 Å².